The molecular weight excluding hydrogens is 412 g/mol. The van der Waals surface area contributed by atoms with E-state index in [1.54, 1.807) is 12.1 Å². The van der Waals surface area contributed by atoms with Crippen molar-refractivity contribution in [2.24, 2.45) is 0 Å². The number of aliphatic hydroxyl groups excluding tert-OH is 1. The predicted molar refractivity (Wildman–Crippen MR) is 114 cm³/mol. The van der Waals surface area contributed by atoms with E-state index in [1.807, 2.05) is 49.1 Å². The van der Waals surface area contributed by atoms with Crippen molar-refractivity contribution in [2.45, 2.75) is 26.7 Å². The van der Waals surface area contributed by atoms with Crippen molar-refractivity contribution in [3.63, 3.8) is 0 Å². The number of benzene rings is 2. The van der Waals surface area contributed by atoms with Gasteiger partial charge in [-0.2, -0.15) is 0 Å². The van der Waals surface area contributed by atoms with E-state index < -0.39 is 0 Å². The number of anilines is 1. The maximum absolute atomic E-state index is 12.6. The van der Waals surface area contributed by atoms with Gasteiger partial charge in [-0.15, -0.1) is 0 Å². The van der Waals surface area contributed by atoms with Gasteiger partial charge >= 0.3 is 0 Å². The molecular formula is C20H23BrN2O2S. The number of hydrogen-bond donors (Lipinski definition) is 2. The van der Waals surface area contributed by atoms with E-state index in [4.69, 9.17) is 17.3 Å². The van der Waals surface area contributed by atoms with Gasteiger partial charge in [-0.3, -0.25) is 10.1 Å². The molecule has 2 aromatic carbocycles. The predicted octanol–water partition coefficient (Wildman–Crippen LogP) is 4.36. The van der Waals surface area contributed by atoms with Crippen LogP contribution in [-0.4, -0.2) is 29.3 Å². The van der Waals surface area contributed by atoms with E-state index in [-0.39, 0.29) is 12.5 Å². The van der Waals surface area contributed by atoms with E-state index in [2.05, 4.69) is 21.2 Å². The molecule has 2 aromatic rings. The number of carbonyl (C=O) groups excluding carboxylic acids is 1. The fraction of sp³-hybridized carbons (Fsp3) is 0.300. The van der Waals surface area contributed by atoms with Crippen LogP contribution >= 0.6 is 28.1 Å². The van der Waals surface area contributed by atoms with Gasteiger partial charge in [-0.05, 0) is 68.7 Å². The summed E-state index contributed by atoms with van der Waals surface area (Å²) in [5, 5.41) is 12.2. The normalized spacial score (nSPS) is 10.5. The molecule has 138 valence electrons. The maximum atomic E-state index is 12.6. The number of hydrogen-bond acceptors (Lipinski definition) is 3. The number of unbranched alkanes of at least 4 members (excludes halogenated alkanes) is 1. The minimum absolute atomic E-state index is 0.137. The summed E-state index contributed by atoms with van der Waals surface area (Å²) in [4.78, 5) is 14.4. The summed E-state index contributed by atoms with van der Waals surface area (Å²) in [5.74, 6) is -0.241. The molecule has 0 radical (unpaired) electrons. The van der Waals surface area contributed by atoms with Crippen LogP contribution in [0.5, 0.6) is 0 Å². The first-order valence-corrected chi connectivity index (χ1v) is 9.69. The monoisotopic (exact) mass is 434 g/mol. The Hall–Kier alpha value is -1.76. The molecule has 0 atom stereocenters. The third-order valence-corrected chi connectivity index (χ3v) is 5.21. The van der Waals surface area contributed by atoms with Crippen LogP contribution in [-0.2, 0) is 0 Å². The van der Waals surface area contributed by atoms with E-state index in [0.717, 1.165) is 27.7 Å². The molecule has 1 amide bonds. The smallest absolute Gasteiger partial charge is 0.257 e. The van der Waals surface area contributed by atoms with Gasteiger partial charge in [0.1, 0.15) is 0 Å². The number of nitrogens with zero attached hydrogens (tertiary/aromatic N) is 1. The van der Waals surface area contributed by atoms with Crippen LogP contribution in [0.2, 0.25) is 0 Å². The number of nitrogens with one attached hydrogen (secondary N) is 1. The molecule has 0 heterocycles. The van der Waals surface area contributed by atoms with Crippen LogP contribution in [0.1, 0.15) is 34.3 Å². The van der Waals surface area contributed by atoms with Crippen molar-refractivity contribution < 1.29 is 9.90 Å². The van der Waals surface area contributed by atoms with E-state index in [9.17, 15) is 4.79 Å². The van der Waals surface area contributed by atoms with Gasteiger partial charge in [-0.1, -0.05) is 39.7 Å². The number of thiocarbonyl (C=S) groups is 1. The lowest BCUT2D eigenvalue weighted by molar-refractivity contribution is 0.0977. The Morgan fingerprint density at radius 1 is 1.15 bits per heavy atom. The van der Waals surface area contributed by atoms with E-state index >= 15 is 0 Å². The Morgan fingerprint density at radius 2 is 1.85 bits per heavy atom. The Bertz CT molecular complexity index is 778. The number of rotatable bonds is 6. The third kappa shape index (κ3) is 5.62. The van der Waals surface area contributed by atoms with Gasteiger partial charge in [0.2, 0.25) is 0 Å². The average Bonchev–Trinajstić information content (AvgIpc) is 2.62. The topological polar surface area (TPSA) is 52.6 Å². The van der Waals surface area contributed by atoms with Gasteiger partial charge < -0.3 is 10.0 Å². The number of halogens is 1. The van der Waals surface area contributed by atoms with E-state index in [1.165, 1.54) is 0 Å². The van der Waals surface area contributed by atoms with Crippen molar-refractivity contribution in [1.29, 1.82) is 0 Å². The Balaban J connectivity index is 2.15. The van der Waals surface area contributed by atoms with Gasteiger partial charge in [0, 0.05) is 28.9 Å². The second-order valence-corrected chi connectivity index (χ2v) is 7.38. The number of amides is 1. The van der Waals surface area contributed by atoms with Gasteiger partial charge in [0.15, 0.2) is 5.11 Å². The molecule has 0 saturated carbocycles. The minimum Gasteiger partial charge on any atom is -0.396 e. The minimum atomic E-state index is -0.241. The first-order valence-electron chi connectivity index (χ1n) is 8.49. The highest BCUT2D eigenvalue weighted by atomic mass is 79.9. The van der Waals surface area contributed by atoms with Crippen LogP contribution in [0, 0.1) is 13.8 Å². The van der Waals surface area contributed by atoms with Gasteiger partial charge in [0.25, 0.3) is 5.91 Å². The average molecular weight is 435 g/mol. The van der Waals surface area contributed by atoms with Crippen LogP contribution < -0.4 is 10.2 Å². The molecule has 6 heteroatoms. The standard InChI is InChI=1S/C20H23BrN2O2S/c1-14-5-9-17(10-6-14)23(11-3-4-12-24)20(26)22-19(25)16-8-7-15(2)18(21)13-16/h5-10,13,24H,3-4,11-12H2,1-2H3,(H,22,25,26). The SMILES string of the molecule is Cc1ccc(N(CCCCO)C(=S)NC(=O)c2ccc(C)c(Br)c2)cc1. The lowest BCUT2D eigenvalue weighted by atomic mass is 10.1. The zero-order chi connectivity index (χ0) is 19.1. The maximum Gasteiger partial charge on any atom is 0.257 e. The van der Waals surface area contributed by atoms with Crippen molar-refractivity contribution in [2.75, 3.05) is 18.1 Å². The molecule has 0 bridgehead atoms. The number of carbonyl (C=O) groups is 1. The molecule has 0 unspecified atom stereocenters. The number of aryl methyl sites for hydroxylation is 2. The lowest BCUT2D eigenvalue weighted by Gasteiger charge is -2.25. The van der Waals surface area contributed by atoms with Crippen LogP contribution in [0.25, 0.3) is 0 Å². The second-order valence-electron chi connectivity index (χ2n) is 6.14. The molecule has 0 spiro atoms. The Labute approximate surface area is 168 Å². The van der Waals surface area contributed by atoms with Gasteiger partial charge in [-0.25, -0.2) is 0 Å². The van der Waals surface area contributed by atoms with Crippen molar-refractivity contribution in [3.05, 3.63) is 63.6 Å². The van der Waals surface area contributed by atoms with Crippen molar-refractivity contribution >= 4 is 44.9 Å². The summed E-state index contributed by atoms with van der Waals surface area (Å²) in [6.45, 7) is 4.75. The van der Waals surface area contributed by atoms with E-state index in [0.29, 0.717) is 23.6 Å². The first-order chi connectivity index (χ1) is 12.4. The molecule has 0 aliphatic heterocycles. The summed E-state index contributed by atoms with van der Waals surface area (Å²) >= 11 is 8.94. The van der Waals surface area contributed by atoms with Crippen molar-refractivity contribution in [1.82, 2.24) is 5.32 Å². The molecule has 0 aliphatic rings. The van der Waals surface area contributed by atoms with Crippen molar-refractivity contribution in [3.8, 4) is 0 Å². The number of aliphatic hydroxyl groups is 1. The van der Waals surface area contributed by atoms with Crippen LogP contribution in [0.15, 0.2) is 46.9 Å². The largest absolute Gasteiger partial charge is 0.396 e. The highest BCUT2D eigenvalue weighted by Gasteiger charge is 2.16. The quantitative estimate of drug-likeness (QED) is 0.523. The van der Waals surface area contributed by atoms with Gasteiger partial charge in [0.05, 0.1) is 0 Å². The fourth-order valence-corrected chi connectivity index (χ4v) is 3.09. The zero-order valence-electron chi connectivity index (χ0n) is 15.0. The Morgan fingerprint density at radius 3 is 2.46 bits per heavy atom. The summed E-state index contributed by atoms with van der Waals surface area (Å²) < 4.78 is 0.884. The molecule has 2 N–H and O–H groups in total. The molecule has 26 heavy (non-hydrogen) atoms. The molecule has 0 fully saturated rings. The summed E-state index contributed by atoms with van der Waals surface area (Å²) in [6.07, 6.45) is 1.46. The van der Waals surface area contributed by atoms with Crippen LogP contribution in [0.3, 0.4) is 0 Å². The lowest BCUT2D eigenvalue weighted by Crippen LogP contribution is -2.43. The molecule has 4 nitrogen and oxygen atoms in total. The molecule has 0 aromatic heterocycles. The zero-order valence-corrected chi connectivity index (χ0v) is 17.4. The summed E-state index contributed by atoms with van der Waals surface area (Å²) in [6, 6.07) is 13.4. The highest BCUT2D eigenvalue weighted by molar-refractivity contribution is 9.10. The molecule has 0 saturated heterocycles. The highest BCUT2D eigenvalue weighted by Crippen LogP contribution is 2.19. The Kier molecular flexibility index (Phi) is 7.75. The molecule has 2 rings (SSSR count). The molecule has 0 aliphatic carbocycles. The summed E-state index contributed by atoms with van der Waals surface area (Å²) in [5.41, 5.74) is 3.69. The second kappa shape index (κ2) is 9.80. The fourth-order valence-electron chi connectivity index (χ4n) is 2.43. The first kappa shape index (κ1) is 20.6. The summed E-state index contributed by atoms with van der Waals surface area (Å²) in [7, 11) is 0. The third-order valence-electron chi connectivity index (χ3n) is 4.04. The van der Waals surface area contributed by atoms with Crippen LogP contribution in [0.4, 0.5) is 5.69 Å².